The summed E-state index contributed by atoms with van der Waals surface area (Å²) in [7, 11) is 0. The number of nitrogens with one attached hydrogen (secondary N) is 1. The average molecular weight is 191 g/mol. The quantitative estimate of drug-likeness (QED) is 0.490. The number of hydroxylamine groups is 1. The van der Waals surface area contributed by atoms with Crippen molar-refractivity contribution in [1.29, 1.82) is 0 Å². The van der Waals surface area contributed by atoms with Crippen LogP contribution < -0.4 is 5.48 Å². The van der Waals surface area contributed by atoms with Crippen LogP contribution in [0.5, 0.6) is 0 Å². The lowest BCUT2D eigenvalue weighted by atomic mass is 10.4. The van der Waals surface area contributed by atoms with Crippen LogP contribution in [0.4, 0.5) is 0 Å². The van der Waals surface area contributed by atoms with Crippen molar-refractivity contribution < 1.29 is 9.63 Å². The van der Waals surface area contributed by atoms with Crippen LogP contribution in [0.15, 0.2) is 0 Å². The second kappa shape index (κ2) is 8.87. The highest BCUT2D eigenvalue weighted by atomic mass is 32.2. The summed E-state index contributed by atoms with van der Waals surface area (Å²) in [5.74, 6) is 1.51. The number of amides is 1. The summed E-state index contributed by atoms with van der Waals surface area (Å²) >= 11 is 1.64. The molecule has 0 aliphatic carbocycles. The van der Waals surface area contributed by atoms with Crippen LogP contribution in [-0.2, 0) is 9.63 Å². The van der Waals surface area contributed by atoms with Gasteiger partial charge in [0.25, 0.3) is 5.91 Å². The topological polar surface area (TPSA) is 38.3 Å². The second-order valence-electron chi connectivity index (χ2n) is 2.36. The summed E-state index contributed by atoms with van der Waals surface area (Å²) in [6.07, 6.45) is 2.35. The van der Waals surface area contributed by atoms with Crippen LogP contribution in [-0.4, -0.2) is 24.0 Å². The Morgan fingerprint density at radius 1 is 1.50 bits per heavy atom. The van der Waals surface area contributed by atoms with Gasteiger partial charge in [-0.25, -0.2) is 5.48 Å². The van der Waals surface area contributed by atoms with Crippen molar-refractivity contribution in [1.82, 2.24) is 5.48 Å². The molecule has 72 valence electrons. The number of thioether (sulfide) groups is 1. The third kappa shape index (κ3) is 7.88. The lowest BCUT2D eigenvalue weighted by Crippen LogP contribution is -2.25. The van der Waals surface area contributed by atoms with Crippen molar-refractivity contribution >= 4 is 17.7 Å². The Morgan fingerprint density at radius 2 is 2.25 bits per heavy atom. The van der Waals surface area contributed by atoms with Gasteiger partial charge in [0.1, 0.15) is 0 Å². The molecule has 0 saturated heterocycles. The van der Waals surface area contributed by atoms with Crippen molar-refractivity contribution in [2.75, 3.05) is 18.1 Å². The van der Waals surface area contributed by atoms with E-state index < -0.39 is 0 Å². The van der Waals surface area contributed by atoms with E-state index in [9.17, 15) is 4.79 Å². The number of hydrogen-bond acceptors (Lipinski definition) is 3. The van der Waals surface area contributed by atoms with Crippen molar-refractivity contribution in [2.45, 2.75) is 26.7 Å². The zero-order valence-corrected chi connectivity index (χ0v) is 8.58. The van der Waals surface area contributed by atoms with Crippen LogP contribution in [0.3, 0.4) is 0 Å². The van der Waals surface area contributed by atoms with Gasteiger partial charge in [-0.15, -0.1) is 0 Å². The highest BCUT2D eigenvalue weighted by Crippen LogP contribution is 2.03. The molecule has 0 heterocycles. The van der Waals surface area contributed by atoms with Crippen molar-refractivity contribution in [3.63, 3.8) is 0 Å². The smallest absolute Gasteiger partial charge is 0.253 e. The summed E-state index contributed by atoms with van der Waals surface area (Å²) in [5.41, 5.74) is 2.35. The maximum absolute atomic E-state index is 10.9. The van der Waals surface area contributed by atoms with Gasteiger partial charge in [0.2, 0.25) is 0 Å². The van der Waals surface area contributed by atoms with E-state index in [4.69, 9.17) is 4.84 Å². The first-order valence-electron chi connectivity index (χ1n) is 4.29. The minimum atomic E-state index is -0.0436. The molecule has 3 nitrogen and oxygen atoms in total. The normalized spacial score (nSPS) is 9.83. The fourth-order valence-corrected chi connectivity index (χ4v) is 1.47. The molecule has 4 heteroatoms. The van der Waals surface area contributed by atoms with E-state index in [1.165, 1.54) is 12.8 Å². The molecule has 0 atom stereocenters. The SMILES string of the molecule is CCCCSCC(=O)NOCC. The van der Waals surface area contributed by atoms with Crippen LogP contribution >= 0.6 is 11.8 Å². The summed E-state index contributed by atoms with van der Waals surface area (Å²) in [4.78, 5) is 15.6. The van der Waals surface area contributed by atoms with Gasteiger partial charge in [0, 0.05) is 0 Å². The van der Waals surface area contributed by atoms with Gasteiger partial charge in [0.15, 0.2) is 0 Å². The molecule has 0 aromatic carbocycles. The Kier molecular flexibility index (Phi) is 8.71. The first kappa shape index (κ1) is 11.8. The van der Waals surface area contributed by atoms with Crippen molar-refractivity contribution in [2.24, 2.45) is 0 Å². The molecule has 12 heavy (non-hydrogen) atoms. The van der Waals surface area contributed by atoms with Gasteiger partial charge in [0.05, 0.1) is 12.4 Å². The molecule has 0 aliphatic rings. The monoisotopic (exact) mass is 191 g/mol. The molecule has 1 N–H and O–H groups in total. The first-order valence-corrected chi connectivity index (χ1v) is 5.45. The molecule has 0 spiro atoms. The Morgan fingerprint density at radius 3 is 2.83 bits per heavy atom. The first-order chi connectivity index (χ1) is 5.81. The van der Waals surface area contributed by atoms with Gasteiger partial charge in [-0.2, -0.15) is 11.8 Å². The fraction of sp³-hybridized carbons (Fsp3) is 0.875. The highest BCUT2D eigenvalue weighted by Gasteiger charge is 1.99. The summed E-state index contributed by atoms with van der Waals surface area (Å²) in [6.45, 7) is 4.50. The largest absolute Gasteiger partial charge is 0.274 e. The molecule has 0 saturated carbocycles. The summed E-state index contributed by atoms with van der Waals surface area (Å²) in [6, 6.07) is 0. The zero-order chi connectivity index (χ0) is 9.23. The molecule has 0 aliphatic heterocycles. The lowest BCUT2D eigenvalue weighted by molar-refractivity contribution is -0.130. The molecule has 0 unspecified atom stereocenters. The molecule has 1 amide bonds. The van der Waals surface area contributed by atoms with Crippen LogP contribution in [0.2, 0.25) is 0 Å². The third-order valence-corrected chi connectivity index (χ3v) is 2.25. The number of hydrogen-bond donors (Lipinski definition) is 1. The molecular weight excluding hydrogens is 174 g/mol. The Bertz CT molecular complexity index is 120. The van der Waals surface area contributed by atoms with Crippen LogP contribution in [0, 0.1) is 0 Å². The van der Waals surface area contributed by atoms with Gasteiger partial charge in [-0.3, -0.25) is 9.63 Å². The number of unbranched alkanes of at least 4 members (excludes halogenated alkanes) is 1. The third-order valence-electron chi connectivity index (χ3n) is 1.21. The molecule has 0 aromatic heterocycles. The van der Waals surface area contributed by atoms with E-state index >= 15 is 0 Å². The standard InChI is InChI=1S/C8H17NO2S/c1-3-5-6-12-7-8(10)9-11-4-2/h3-7H2,1-2H3,(H,9,10). The summed E-state index contributed by atoms with van der Waals surface area (Å²) in [5, 5.41) is 0. The van der Waals surface area contributed by atoms with E-state index in [0.717, 1.165) is 5.75 Å². The van der Waals surface area contributed by atoms with E-state index in [-0.39, 0.29) is 5.91 Å². The summed E-state index contributed by atoms with van der Waals surface area (Å²) < 4.78 is 0. The maximum Gasteiger partial charge on any atom is 0.253 e. The number of rotatable bonds is 7. The minimum absolute atomic E-state index is 0.0436. The molecule has 0 bridgehead atoms. The van der Waals surface area contributed by atoms with Gasteiger partial charge in [-0.1, -0.05) is 13.3 Å². The Labute approximate surface area is 78.2 Å². The number of carbonyl (C=O) groups is 1. The van der Waals surface area contributed by atoms with Crippen molar-refractivity contribution in [3.05, 3.63) is 0 Å². The van der Waals surface area contributed by atoms with Crippen molar-refractivity contribution in [3.8, 4) is 0 Å². The van der Waals surface area contributed by atoms with E-state index in [1.807, 2.05) is 6.92 Å². The van der Waals surface area contributed by atoms with E-state index in [1.54, 1.807) is 11.8 Å². The van der Waals surface area contributed by atoms with Crippen LogP contribution in [0.25, 0.3) is 0 Å². The Balaban J connectivity index is 3.08. The Hall–Kier alpha value is -0.220. The van der Waals surface area contributed by atoms with Gasteiger partial charge in [-0.05, 0) is 19.1 Å². The predicted octanol–water partition coefficient (Wildman–Crippen LogP) is 1.59. The zero-order valence-electron chi connectivity index (χ0n) is 7.76. The van der Waals surface area contributed by atoms with E-state index in [2.05, 4.69) is 12.4 Å². The highest BCUT2D eigenvalue weighted by molar-refractivity contribution is 7.99. The second-order valence-corrected chi connectivity index (χ2v) is 3.47. The van der Waals surface area contributed by atoms with E-state index in [0.29, 0.717) is 12.4 Å². The lowest BCUT2D eigenvalue weighted by Gasteiger charge is -2.02. The predicted molar refractivity (Wildman–Crippen MR) is 52.0 cm³/mol. The number of carbonyl (C=O) groups excluding carboxylic acids is 1. The molecule has 0 radical (unpaired) electrons. The molecular formula is C8H17NO2S. The average Bonchev–Trinajstić information content (AvgIpc) is 2.09. The maximum atomic E-state index is 10.9. The fourth-order valence-electron chi connectivity index (χ4n) is 0.593. The van der Waals surface area contributed by atoms with Gasteiger partial charge < -0.3 is 0 Å². The minimum Gasteiger partial charge on any atom is -0.274 e. The van der Waals surface area contributed by atoms with Crippen LogP contribution in [0.1, 0.15) is 26.7 Å². The molecule has 0 fully saturated rings. The molecule has 0 aromatic rings. The van der Waals surface area contributed by atoms with Gasteiger partial charge >= 0.3 is 0 Å². The molecule has 0 rings (SSSR count).